The van der Waals surface area contributed by atoms with Gasteiger partial charge in [-0.15, -0.1) is 11.8 Å². The summed E-state index contributed by atoms with van der Waals surface area (Å²) in [6.07, 6.45) is 0.992. The molecular formula is C14H14F2O2S. The lowest BCUT2D eigenvalue weighted by molar-refractivity contribution is -0.133. The van der Waals surface area contributed by atoms with E-state index in [1.165, 1.54) is 13.0 Å². The van der Waals surface area contributed by atoms with E-state index in [0.29, 0.717) is 10.5 Å². The first-order chi connectivity index (χ1) is 8.85. The van der Waals surface area contributed by atoms with Crippen LogP contribution in [0.15, 0.2) is 28.7 Å². The Balaban J connectivity index is 2.52. The lowest BCUT2D eigenvalue weighted by atomic mass is 10.0. The van der Waals surface area contributed by atoms with E-state index in [9.17, 15) is 13.6 Å². The van der Waals surface area contributed by atoms with Crippen LogP contribution in [0.3, 0.4) is 0 Å². The molecule has 1 aliphatic heterocycles. The number of hydrogen-bond acceptors (Lipinski definition) is 2. The summed E-state index contributed by atoms with van der Waals surface area (Å²) in [6, 6.07) is 5.42. The minimum Gasteiger partial charge on any atom is -0.478 e. The van der Waals surface area contributed by atoms with Gasteiger partial charge in [0, 0.05) is 11.3 Å². The van der Waals surface area contributed by atoms with Gasteiger partial charge in [0.25, 0.3) is 5.92 Å². The number of alkyl halides is 2. The average Bonchev–Trinajstić information content (AvgIpc) is 2.36. The van der Waals surface area contributed by atoms with Crippen LogP contribution in [0, 0.1) is 6.92 Å². The molecule has 2 rings (SSSR count). The molecule has 1 aliphatic rings. The summed E-state index contributed by atoms with van der Waals surface area (Å²) in [5, 5.41) is 7.82. The first-order valence-electron chi connectivity index (χ1n) is 5.95. The van der Waals surface area contributed by atoms with E-state index in [4.69, 9.17) is 5.11 Å². The molecular weight excluding hydrogens is 270 g/mol. The molecule has 1 N–H and O–H groups in total. The molecule has 1 atom stereocenters. The van der Waals surface area contributed by atoms with Crippen molar-refractivity contribution in [3.63, 3.8) is 0 Å². The van der Waals surface area contributed by atoms with E-state index >= 15 is 0 Å². The molecule has 0 saturated heterocycles. The minimum atomic E-state index is -3.03. The highest BCUT2D eigenvalue weighted by molar-refractivity contribution is 8.00. The van der Waals surface area contributed by atoms with Crippen molar-refractivity contribution >= 4 is 23.8 Å². The maximum absolute atomic E-state index is 13.9. The highest BCUT2D eigenvalue weighted by Crippen LogP contribution is 2.45. The van der Waals surface area contributed by atoms with Crippen LogP contribution in [0.1, 0.15) is 24.5 Å². The van der Waals surface area contributed by atoms with Gasteiger partial charge < -0.3 is 5.11 Å². The van der Waals surface area contributed by atoms with Gasteiger partial charge in [0.05, 0.1) is 5.57 Å². The predicted octanol–water partition coefficient (Wildman–Crippen LogP) is 3.98. The van der Waals surface area contributed by atoms with E-state index in [1.807, 2.05) is 19.1 Å². The number of halogens is 2. The van der Waals surface area contributed by atoms with Gasteiger partial charge >= 0.3 is 5.97 Å². The SMILES string of the molecule is CCC(F)(F)C1Sc2ccc(C)cc2C=C1C(=O)O. The molecule has 0 amide bonds. The smallest absolute Gasteiger partial charge is 0.332 e. The molecule has 1 heterocycles. The lowest BCUT2D eigenvalue weighted by Gasteiger charge is -2.29. The van der Waals surface area contributed by atoms with Crippen LogP contribution in [0.2, 0.25) is 0 Å². The van der Waals surface area contributed by atoms with Crippen molar-refractivity contribution in [3.8, 4) is 0 Å². The van der Waals surface area contributed by atoms with Gasteiger partial charge in [-0.3, -0.25) is 0 Å². The first kappa shape index (κ1) is 14.1. The number of aryl methyl sites for hydroxylation is 1. The maximum atomic E-state index is 13.9. The highest BCUT2D eigenvalue weighted by atomic mass is 32.2. The molecule has 0 spiro atoms. The zero-order valence-corrected chi connectivity index (χ0v) is 11.4. The number of benzene rings is 1. The third-order valence-corrected chi connectivity index (χ3v) is 4.57. The van der Waals surface area contributed by atoms with Gasteiger partial charge in [0.2, 0.25) is 0 Å². The average molecular weight is 284 g/mol. The molecule has 1 aromatic rings. The Morgan fingerprint density at radius 3 is 2.74 bits per heavy atom. The number of thioether (sulfide) groups is 1. The van der Waals surface area contributed by atoms with Gasteiger partial charge in [-0.05, 0) is 24.6 Å². The zero-order chi connectivity index (χ0) is 14.2. The fraction of sp³-hybridized carbons (Fsp3) is 0.357. The Morgan fingerprint density at radius 1 is 1.47 bits per heavy atom. The fourth-order valence-electron chi connectivity index (χ4n) is 1.99. The lowest BCUT2D eigenvalue weighted by Crippen LogP contribution is -2.35. The summed E-state index contributed by atoms with van der Waals surface area (Å²) in [5.41, 5.74) is 1.45. The summed E-state index contributed by atoms with van der Waals surface area (Å²) >= 11 is 0.935. The molecule has 5 heteroatoms. The summed E-state index contributed by atoms with van der Waals surface area (Å²) in [6.45, 7) is 3.25. The topological polar surface area (TPSA) is 37.3 Å². The molecule has 2 nitrogen and oxygen atoms in total. The third-order valence-electron chi connectivity index (χ3n) is 3.11. The largest absolute Gasteiger partial charge is 0.478 e. The van der Waals surface area contributed by atoms with Crippen LogP contribution >= 0.6 is 11.8 Å². The summed E-state index contributed by atoms with van der Waals surface area (Å²) < 4.78 is 27.8. The zero-order valence-electron chi connectivity index (χ0n) is 10.6. The number of fused-ring (bicyclic) bond motifs is 1. The minimum absolute atomic E-state index is 0.227. The first-order valence-corrected chi connectivity index (χ1v) is 6.83. The second kappa shape index (κ2) is 4.96. The van der Waals surface area contributed by atoms with E-state index in [1.54, 1.807) is 6.07 Å². The molecule has 0 radical (unpaired) electrons. The summed E-state index contributed by atoms with van der Waals surface area (Å²) in [4.78, 5) is 11.9. The van der Waals surface area contributed by atoms with E-state index in [2.05, 4.69) is 0 Å². The van der Waals surface area contributed by atoms with Crippen molar-refractivity contribution in [2.45, 2.75) is 36.3 Å². The van der Waals surface area contributed by atoms with Crippen LogP contribution in [0.4, 0.5) is 8.78 Å². The van der Waals surface area contributed by atoms with E-state index in [-0.39, 0.29) is 12.0 Å². The van der Waals surface area contributed by atoms with Crippen LogP contribution < -0.4 is 0 Å². The van der Waals surface area contributed by atoms with Crippen molar-refractivity contribution in [1.29, 1.82) is 0 Å². The van der Waals surface area contributed by atoms with E-state index < -0.39 is 17.1 Å². The number of carboxylic acids is 1. The quantitative estimate of drug-likeness (QED) is 0.912. The summed E-state index contributed by atoms with van der Waals surface area (Å²) in [7, 11) is 0. The third kappa shape index (κ3) is 2.66. The van der Waals surface area contributed by atoms with Crippen LogP contribution in [-0.4, -0.2) is 22.2 Å². The molecule has 19 heavy (non-hydrogen) atoms. The fourth-order valence-corrected chi connectivity index (χ4v) is 3.28. The number of hydrogen-bond donors (Lipinski definition) is 1. The van der Waals surface area contributed by atoms with Crippen molar-refractivity contribution in [2.75, 3.05) is 0 Å². The monoisotopic (exact) mass is 284 g/mol. The Morgan fingerprint density at radius 2 is 2.16 bits per heavy atom. The molecule has 1 aromatic carbocycles. The second-order valence-corrected chi connectivity index (χ2v) is 5.71. The van der Waals surface area contributed by atoms with Crippen molar-refractivity contribution < 1.29 is 18.7 Å². The normalized spacial score (nSPS) is 18.7. The number of carbonyl (C=O) groups is 1. The molecule has 0 saturated carbocycles. The molecule has 1 unspecified atom stereocenters. The van der Waals surface area contributed by atoms with Gasteiger partial charge in [0.1, 0.15) is 5.25 Å². The van der Waals surface area contributed by atoms with Crippen molar-refractivity contribution in [3.05, 3.63) is 34.9 Å². The van der Waals surface area contributed by atoms with Gasteiger partial charge in [-0.2, -0.15) is 0 Å². The molecule has 0 aliphatic carbocycles. The van der Waals surface area contributed by atoms with Gasteiger partial charge in [-0.25, -0.2) is 13.6 Å². The molecule has 0 fully saturated rings. The van der Waals surface area contributed by atoms with Crippen LogP contribution in [0.5, 0.6) is 0 Å². The highest BCUT2D eigenvalue weighted by Gasteiger charge is 2.44. The Kier molecular flexibility index (Phi) is 3.67. The second-order valence-electron chi connectivity index (χ2n) is 4.56. The van der Waals surface area contributed by atoms with Gasteiger partial charge in [-0.1, -0.05) is 24.6 Å². The number of rotatable bonds is 3. The number of carboxylic acid groups (broad SMARTS) is 1. The predicted molar refractivity (Wildman–Crippen MR) is 71.7 cm³/mol. The summed E-state index contributed by atoms with van der Waals surface area (Å²) in [5.74, 6) is -4.31. The standard InChI is InChI=1S/C14H14F2O2S/c1-3-14(15,16)12-10(13(17)18)7-9-6-8(2)4-5-11(9)19-12/h4-7,12H,3H2,1-2H3,(H,17,18). The Bertz CT molecular complexity index is 552. The van der Waals surface area contributed by atoms with Crippen molar-refractivity contribution in [1.82, 2.24) is 0 Å². The Hall–Kier alpha value is -1.36. The molecule has 0 aromatic heterocycles. The maximum Gasteiger partial charge on any atom is 0.332 e. The molecule has 102 valence electrons. The molecule has 0 bridgehead atoms. The number of aliphatic carboxylic acids is 1. The van der Waals surface area contributed by atoms with Crippen LogP contribution in [-0.2, 0) is 4.79 Å². The Labute approximate surface area is 114 Å². The van der Waals surface area contributed by atoms with Gasteiger partial charge in [0.15, 0.2) is 0 Å². The van der Waals surface area contributed by atoms with E-state index in [0.717, 1.165) is 17.3 Å². The van der Waals surface area contributed by atoms with Crippen LogP contribution in [0.25, 0.3) is 6.08 Å². The van der Waals surface area contributed by atoms with Crippen molar-refractivity contribution in [2.24, 2.45) is 0 Å².